The topological polar surface area (TPSA) is 128 Å². The van der Waals surface area contributed by atoms with Crippen molar-refractivity contribution in [1.29, 1.82) is 0 Å². The third-order valence-electron chi connectivity index (χ3n) is 6.99. The van der Waals surface area contributed by atoms with Gasteiger partial charge >= 0.3 is 0 Å². The second-order valence-electron chi connectivity index (χ2n) is 9.58. The average molecular weight is 495 g/mol. The summed E-state index contributed by atoms with van der Waals surface area (Å²) < 4.78 is 5.90. The number of nitrogens with zero attached hydrogens (tertiary/aromatic N) is 2. The second kappa shape index (κ2) is 11.2. The Hall–Kier alpha value is -3.27. The van der Waals surface area contributed by atoms with E-state index in [0.717, 1.165) is 24.0 Å². The Bertz CT molecular complexity index is 1210. The Morgan fingerprint density at radius 2 is 1.92 bits per heavy atom. The zero-order valence-corrected chi connectivity index (χ0v) is 21.0. The fraction of sp³-hybridized carbons (Fsp3) is 0.444. The van der Waals surface area contributed by atoms with E-state index in [9.17, 15) is 19.8 Å². The van der Waals surface area contributed by atoms with Gasteiger partial charge in [0.15, 0.2) is 0 Å². The molecule has 1 atom stereocenters. The van der Waals surface area contributed by atoms with E-state index in [1.165, 1.54) is 0 Å². The fourth-order valence-corrected chi connectivity index (χ4v) is 4.70. The van der Waals surface area contributed by atoms with Gasteiger partial charge in [0.1, 0.15) is 23.3 Å². The van der Waals surface area contributed by atoms with Gasteiger partial charge in [0.25, 0.3) is 5.91 Å². The lowest BCUT2D eigenvalue weighted by atomic mass is 9.84. The van der Waals surface area contributed by atoms with Crippen LogP contribution in [0.25, 0.3) is 11.0 Å². The number of aromatic nitrogens is 1. The highest BCUT2D eigenvalue weighted by atomic mass is 16.3. The monoisotopic (exact) mass is 494 g/mol. The van der Waals surface area contributed by atoms with Crippen molar-refractivity contribution in [3.63, 3.8) is 0 Å². The third-order valence-corrected chi connectivity index (χ3v) is 6.99. The number of carbonyl (C=O) groups is 2. The van der Waals surface area contributed by atoms with Crippen molar-refractivity contribution in [2.75, 3.05) is 24.3 Å². The van der Waals surface area contributed by atoms with Gasteiger partial charge in [0.05, 0.1) is 0 Å². The van der Waals surface area contributed by atoms with E-state index in [1.807, 2.05) is 37.1 Å². The number of fused-ring (bicyclic) bond motifs is 1. The van der Waals surface area contributed by atoms with E-state index in [2.05, 4.69) is 15.6 Å². The van der Waals surface area contributed by atoms with E-state index < -0.39 is 12.1 Å². The molecule has 192 valence electrons. The van der Waals surface area contributed by atoms with Crippen LogP contribution in [-0.4, -0.2) is 57.8 Å². The van der Waals surface area contributed by atoms with Gasteiger partial charge in [0, 0.05) is 30.1 Å². The Morgan fingerprint density at radius 1 is 1.17 bits per heavy atom. The second-order valence-corrected chi connectivity index (χ2v) is 9.58. The molecule has 0 saturated heterocycles. The number of aliphatic hydroxyl groups excluding tert-OH is 2. The van der Waals surface area contributed by atoms with Gasteiger partial charge in [-0.15, -0.1) is 0 Å². The molecule has 2 amide bonds. The number of carbonyl (C=O) groups excluding carboxylic acids is 2. The van der Waals surface area contributed by atoms with Crippen LogP contribution in [0.3, 0.4) is 0 Å². The van der Waals surface area contributed by atoms with Crippen LogP contribution in [0.15, 0.2) is 40.9 Å². The van der Waals surface area contributed by atoms with Gasteiger partial charge in [-0.1, -0.05) is 12.1 Å². The van der Waals surface area contributed by atoms with E-state index in [-0.39, 0.29) is 30.2 Å². The maximum Gasteiger partial charge on any atom is 0.294 e. The summed E-state index contributed by atoms with van der Waals surface area (Å²) in [7, 11) is 1.89. The Kier molecular flexibility index (Phi) is 8.03. The molecule has 4 rings (SSSR count). The molecule has 2 aromatic heterocycles. The maximum absolute atomic E-state index is 13.3. The number of nitrogens with one attached hydrogen (secondary N) is 2. The molecule has 1 saturated carbocycles. The molecule has 1 aromatic carbocycles. The van der Waals surface area contributed by atoms with Crippen molar-refractivity contribution >= 4 is 34.3 Å². The van der Waals surface area contributed by atoms with Gasteiger partial charge in [-0.2, -0.15) is 0 Å². The maximum atomic E-state index is 13.3. The van der Waals surface area contributed by atoms with Crippen molar-refractivity contribution in [2.45, 2.75) is 58.2 Å². The van der Waals surface area contributed by atoms with Crippen molar-refractivity contribution in [1.82, 2.24) is 9.88 Å². The highest BCUT2D eigenvalue weighted by Crippen LogP contribution is 2.35. The zero-order chi connectivity index (χ0) is 25.8. The molecule has 0 spiro atoms. The number of amides is 2. The molecular formula is C27H34N4O5. The summed E-state index contributed by atoms with van der Waals surface area (Å²) in [4.78, 5) is 32.6. The zero-order valence-electron chi connectivity index (χ0n) is 21.0. The van der Waals surface area contributed by atoms with E-state index >= 15 is 0 Å². The summed E-state index contributed by atoms with van der Waals surface area (Å²) in [6.45, 7) is 3.64. The van der Waals surface area contributed by atoms with Crippen molar-refractivity contribution in [3.8, 4) is 0 Å². The Morgan fingerprint density at radius 3 is 2.56 bits per heavy atom. The van der Waals surface area contributed by atoms with Crippen LogP contribution in [0.2, 0.25) is 0 Å². The van der Waals surface area contributed by atoms with Crippen LogP contribution in [0.1, 0.15) is 54.3 Å². The smallest absolute Gasteiger partial charge is 0.294 e. The first-order valence-electron chi connectivity index (χ1n) is 12.4. The molecule has 1 aliphatic carbocycles. The first-order valence-corrected chi connectivity index (χ1v) is 12.4. The molecule has 3 aromatic rings. The van der Waals surface area contributed by atoms with Gasteiger partial charge < -0.3 is 25.3 Å². The molecule has 0 radical (unpaired) electrons. The summed E-state index contributed by atoms with van der Waals surface area (Å²) in [5.41, 5.74) is 2.63. The van der Waals surface area contributed by atoms with Crippen LogP contribution >= 0.6 is 0 Å². The minimum Gasteiger partial charge on any atom is -0.449 e. The number of pyridine rings is 1. The number of hydrogen-bond donors (Lipinski definition) is 4. The van der Waals surface area contributed by atoms with Crippen LogP contribution in [0, 0.1) is 12.8 Å². The molecule has 9 heteroatoms. The first kappa shape index (κ1) is 25.8. The lowest BCUT2D eigenvalue weighted by molar-refractivity contribution is -0.121. The third kappa shape index (κ3) is 5.75. The SMILES string of the molecule is Cc1ccc(NC(=O)c2oc3ccc(CCO)cc3c2NC(=O)C2CCC(N(C)C(C)O)CC2)nc1. The summed E-state index contributed by atoms with van der Waals surface area (Å²) in [5.74, 6) is -0.493. The van der Waals surface area contributed by atoms with Crippen molar-refractivity contribution in [2.24, 2.45) is 5.92 Å². The average Bonchev–Trinajstić information content (AvgIpc) is 3.23. The van der Waals surface area contributed by atoms with Gasteiger partial charge in [-0.3, -0.25) is 14.5 Å². The standard InChI is InChI=1S/C27H34N4O5/c1-16-4-11-23(28-15-16)29-27(35)25-24(21-14-18(12-13-32)5-10-22(21)36-25)30-26(34)19-6-8-20(9-7-19)31(3)17(2)33/h4-5,10-11,14-15,17,19-20,32-33H,6-9,12-13H2,1-3H3,(H,30,34)(H,28,29,35). The highest BCUT2D eigenvalue weighted by Gasteiger charge is 2.31. The summed E-state index contributed by atoms with van der Waals surface area (Å²) in [6, 6.07) is 9.19. The number of aryl methyl sites for hydroxylation is 1. The minimum atomic E-state index is -0.533. The summed E-state index contributed by atoms with van der Waals surface area (Å²) >= 11 is 0. The summed E-state index contributed by atoms with van der Waals surface area (Å²) in [6.07, 6.45) is 4.56. The molecule has 0 aliphatic heterocycles. The number of benzene rings is 1. The molecule has 2 heterocycles. The van der Waals surface area contributed by atoms with E-state index in [4.69, 9.17) is 4.42 Å². The molecule has 1 aliphatic rings. The largest absolute Gasteiger partial charge is 0.449 e. The van der Waals surface area contributed by atoms with Crippen LogP contribution in [-0.2, 0) is 11.2 Å². The minimum absolute atomic E-state index is 0.00407. The summed E-state index contributed by atoms with van der Waals surface area (Å²) in [5, 5.41) is 25.6. The van der Waals surface area contributed by atoms with E-state index in [0.29, 0.717) is 41.7 Å². The quantitative estimate of drug-likeness (QED) is 0.352. The molecule has 1 unspecified atom stereocenters. The van der Waals surface area contributed by atoms with Crippen molar-refractivity contribution < 1.29 is 24.2 Å². The lowest BCUT2D eigenvalue weighted by Crippen LogP contribution is -2.42. The lowest BCUT2D eigenvalue weighted by Gasteiger charge is -2.35. The molecule has 36 heavy (non-hydrogen) atoms. The number of anilines is 2. The van der Waals surface area contributed by atoms with Gasteiger partial charge in [0.2, 0.25) is 11.7 Å². The Balaban J connectivity index is 1.58. The molecule has 9 nitrogen and oxygen atoms in total. The van der Waals surface area contributed by atoms with Gasteiger partial charge in [-0.25, -0.2) is 4.98 Å². The van der Waals surface area contributed by atoms with Crippen LogP contribution in [0.4, 0.5) is 11.5 Å². The predicted molar refractivity (Wildman–Crippen MR) is 138 cm³/mol. The van der Waals surface area contributed by atoms with Gasteiger partial charge in [-0.05, 0) is 82.3 Å². The number of furan rings is 1. The van der Waals surface area contributed by atoms with Crippen molar-refractivity contribution in [3.05, 3.63) is 53.4 Å². The van der Waals surface area contributed by atoms with Crippen LogP contribution < -0.4 is 10.6 Å². The van der Waals surface area contributed by atoms with Crippen LogP contribution in [0.5, 0.6) is 0 Å². The molecule has 0 bridgehead atoms. The molecule has 1 fully saturated rings. The molecular weight excluding hydrogens is 460 g/mol. The number of rotatable bonds is 8. The van der Waals surface area contributed by atoms with E-state index in [1.54, 1.807) is 25.3 Å². The normalized spacial score (nSPS) is 18.8. The Labute approximate surface area is 210 Å². The predicted octanol–water partition coefficient (Wildman–Crippen LogP) is 3.69. The fourth-order valence-electron chi connectivity index (χ4n) is 4.70. The molecule has 4 N–H and O–H groups in total. The highest BCUT2D eigenvalue weighted by molar-refractivity contribution is 6.14. The first-order chi connectivity index (χ1) is 17.3. The number of aliphatic hydroxyl groups is 2. The number of hydrogen-bond acceptors (Lipinski definition) is 7.